The third kappa shape index (κ3) is 4.58. The van der Waals surface area contributed by atoms with Crippen LogP contribution in [0.5, 0.6) is 5.75 Å². The van der Waals surface area contributed by atoms with Crippen molar-refractivity contribution in [3.8, 4) is 5.75 Å². The molecule has 1 aromatic carbocycles. The molecule has 1 unspecified atom stereocenters. The van der Waals surface area contributed by atoms with Gasteiger partial charge < -0.3 is 9.42 Å². The minimum atomic E-state index is -3.93. The van der Waals surface area contributed by atoms with Gasteiger partial charge in [-0.1, -0.05) is 35.0 Å². The van der Waals surface area contributed by atoms with Crippen LogP contribution in [0.1, 0.15) is 0 Å². The summed E-state index contributed by atoms with van der Waals surface area (Å²) in [5.74, 6) is 0.0870. The quantitative estimate of drug-likeness (QED) is 0.591. The van der Waals surface area contributed by atoms with Crippen LogP contribution >= 0.6 is 54.0 Å². The smallest absolute Gasteiger partial charge is 0.416 e. The van der Waals surface area contributed by atoms with E-state index in [0.29, 0.717) is 10.0 Å². The highest BCUT2D eigenvalue weighted by atomic mass is 35.5. The van der Waals surface area contributed by atoms with Crippen LogP contribution in [-0.4, -0.2) is 9.88 Å². The molecular formula is C11H8Cl2NO3PS2. The van der Waals surface area contributed by atoms with E-state index in [9.17, 15) is 4.57 Å². The molecule has 0 amide bonds. The van der Waals surface area contributed by atoms with E-state index in [4.69, 9.17) is 32.6 Å². The maximum Gasteiger partial charge on any atom is 0.434 e. The van der Waals surface area contributed by atoms with E-state index in [-0.39, 0.29) is 10.8 Å². The van der Waals surface area contributed by atoms with Crippen LogP contribution in [0.2, 0.25) is 10.0 Å². The van der Waals surface area contributed by atoms with Crippen molar-refractivity contribution in [1.82, 2.24) is 4.98 Å². The van der Waals surface area contributed by atoms with Gasteiger partial charge in [0.25, 0.3) is 0 Å². The molecule has 0 radical (unpaired) electrons. The molecule has 0 aliphatic rings. The predicted molar refractivity (Wildman–Crippen MR) is 84.3 cm³/mol. The standard InChI is InChI=1S/C11H8Cl2NO3PS2/c12-8-2-1-5-14-11(8)20-7-3-4-10(9(13)6-7)17-18(15,16)19/h1-6H,(H2,15,16,19). The van der Waals surface area contributed by atoms with Crippen molar-refractivity contribution >= 4 is 54.0 Å². The van der Waals surface area contributed by atoms with Gasteiger partial charge in [0.1, 0.15) is 10.8 Å². The summed E-state index contributed by atoms with van der Waals surface area (Å²) in [7, 11) is 0. The number of halogens is 2. The Morgan fingerprint density at radius 3 is 2.65 bits per heavy atom. The van der Waals surface area contributed by atoms with Gasteiger partial charge in [-0.2, -0.15) is 0 Å². The van der Waals surface area contributed by atoms with Crippen molar-refractivity contribution in [1.29, 1.82) is 0 Å². The van der Waals surface area contributed by atoms with Crippen LogP contribution in [-0.2, 0) is 4.57 Å². The summed E-state index contributed by atoms with van der Waals surface area (Å²) < 4.78 is 15.8. The molecule has 1 heterocycles. The van der Waals surface area contributed by atoms with Gasteiger partial charge in [0, 0.05) is 11.1 Å². The van der Waals surface area contributed by atoms with Gasteiger partial charge in [-0.25, -0.2) is 9.55 Å². The highest BCUT2D eigenvalue weighted by Crippen LogP contribution is 2.49. The van der Waals surface area contributed by atoms with E-state index in [1.165, 1.54) is 17.8 Å². The average molecular weight is 368 g/mol. The first kappa shape index (κ1) is 16.0. The minimum Gasteiger partial charge on any atom is -0.416 e. The number of benzene rings is 1. The zero-order valence-electron chi connectivity index (χ0n) is 9.73. The third-order valence-electron chi connectivity index (χ3n) is 2.06. The molecule has 2 aromatic rings. The lowest BCUT2D eigenvalue weighted by Gasteiger charge is -2.10. The van der Waals surface area contributed by atoms with Gasteiger partial charge in [0.2, 0.25) is 0 Å². The van der Waals surface area contributed by atoms with Gasteiger partial charge in [0.05, 0.1) is 10.0 Å². The summed E-state index contributed by atoms with van der Waals surface area (Å²) in [6.45, 7) is -3.93. The molecule has 0 saturated heterocycles. The molecule has 1 aromatic heterocycles. The van der Waals surface area contributed by atoms with Crippen LogP contribution in [0.3, 0.4) is 0 Å². The van der Waals surface area contributed by atoms with Crippen LogP contribution in [0, 0.1) is 0 Å². The number of hydrogen-bond acceptors (Lipinski definition) is 4. The maximum atomic E-state index is 11.1. The Bertz CT molecular complexity index is 680. The van der Waals surface area contributed by atoms with E-state index in [0.717, 1.165) is 4.90 Å². The third-order valence-corrected chi connectivity index (χ3v) is 4.46. The van der Waals surface area contributed by atoms with Crippen LogP contribution in [0.25, 0.3) is 0 Å². The molecule has 2 rings (SSSR count). The Labute approximate surface area is 135 Å². The highest BCUT2D eigenvalue weighted by molar-refractivity contribution is 8.44. The summed E-state index contributed by atoms with van der Waals surface area (Å²) in [5.41, 5.74) is 0. The lowest BCUT2D eigenvalue weighted by Crippen LogP contribution is -1.87. The largest absolute Gasteiger partial charge is 0.434 e. The average Bonchev–Trinajstić information content (AvgIpc) is 2.34. The Morgan fingerprint density at radius 2 is 2.05 bits per heavy atom. The van der Waals surface area contributed by atoms with Crippen LogP contribution < -0.4 is 4.52 Å². The molecule has 1 N–H and O–H groups in total. The summed E-state index contributed by atoms with van der Waals surface area (Å²) in [5, 5.41) is 1.37. The summed E-state index contributed by atoms with van der Waals surface area (Å²) >= 11 is 16.7. The van der Waals surface area contributed by atoms with Crippen molar-refractivity contribution in [2.45, 2.75) is 9.92 Å². The first-order chi connectivity index (χ1) is 9.35. The fourth-order valence-corrected chi connectivity index (χ4v) is 3.37. The lowest BCUT2D eigenvalue weighted by molar-refractivity contribution is 0.403. The Balaban J connectivity index is 2.22. The van der Waals surface area contributed by atoms with E-state index in [1.807, 2.05) is 0 Å². The van der Waals surface area contributed by atoms with Crippen molar-refractivity contribution in [2.75, 3.05) is 0 Å². The van der Waals surface area contributed by atoms with Crippen molar-refractivity contribution in [2.24, 2.45) is 0 Å². The minimum absolute atomic E-state index is 0.0870. The van der Waals surface area contributed by atoms with E-state index in [2.05, 4.69) is 17.2 Å². The predicted octanol–water partition coefficient (Wildman–Crippen LogP) is 4.95. The first-order valence-corrected chi connectivity index (χ1v) is 9.48. The molecule has 20 heavy (non-hydrogen) atoms. The zero-order valence-corrected chi connectivity index (χ0v) is 13.9. The Morgan fingerprint density at radius 1 is 1.30 bits per heavy atom. The summed E-state index contributed by atoms with van der Waals surface area (Å²) in [4.78, 5) is 14.0. The molecule has 9 heteroatoms. The highest BCUT2D eigenvalue weighted by Gasteiger charge is 2.16. The molecule has 0 aliphatic heterocycles. The Kier molecular flexibility index (Phi) is 5.29. The van der Waals surface area contributed by atoms with Gasteiger partial charge in [-0.05, 0) is 42.6 Å². The molecule has 106 valence electrons. The molecule has 4 nitrogen and oxygen atoms in total. The maximum absolute atomic E-state index is 11.1. The SMILES string of the molecule is O=P(O)(S)Oc1ccc(Sc2ncccc2Cl)cc1Cl. The number of nitrogens with zero attached hydrogens (tertiary/aromatic N) is 1. The fraction of sp³-hybridized carbons (Fsp3) is 0. The molecule has 0 fully saturated rings. The van der Waals surface area contributed by atoms with E-state index >= 15 is 0 Å². The number of hydrogen-bond donors (Lipinski definition) is 2. The van der Waals surface area contributed by atoms with Crippen LogP contribution in [0.4, 0.5) is 0 Å². The second kappa shape index (κ2) is 6.60. The first-order valence-electron chi connectivity index (χ1n) is 5.18. The lowest BCUT2D eigenvalue weighted by atomic mass is 10.3. The Hall–Kier alpha value is -0.360. The monoisotopic (exact) mass is 367 g/mol. The van der Waals surface area contributed by atoms with Crippen molar-refractivity contribution in [3.63, 3.8) is 0 Å². The second-order valence-corrected chi connectivity index (χ2v) is 8.12. The van der Waals surface area contributed by atoms with Crippen molar-refractivity contribution < 1.29 is 14.0 Å². The molecule has 0 bridgehead atoms. The zero-order chi connectivity index (χ0) is 14.8. The van der Waals surface area contributed by atoms with Crippen molar-refractivity contribution in [3.05, 3.63) is 46.6 Å². The summed E-state index contributed by atoms with van der Waals surface area (Å²) in [6.07, 6.45) is 1.64. The number of thiol groups is 1. The summed E-state index contributed by atoms with van der Waals surface area (Å²) in [6, 6.07) is 8.23. The van der Waals surface area contributed by atoms with E-state index < -0.39 is 6.80 Å². The fourth-order valence-electron chi connectivity index (χ4n) is 1.31. The second-order valence-electron chi connectivity index (χ2n) is 3.57. The van der Waals surface area contributed by atoms with Gasteiger partial charge in [-0.3, -0.25) is 0 Å². The molecule has 1 atom stereocenters. The van der Waals surface area contributed by atoms with Gasteiger partial charge in [0.15, 0.2) is 0 Å². The number of aromatic nitrogens is 1. The van der Waals surface area contributed by atoms with Crippen LogP contribution in [0.15, 0.2) is 46.5 Å². The van der Waals surface area contributed by atoms with E-state index in [1.54, 1.807) is 30.5 Å². The molecule has 0 saturated carbocycles. The van der Waals surface area contributed by atoms with Gasteiger partial charge >= 0.3 is 6.80 Å². The normalized spacial score (nSPS) is 13.8. The molecular weight excluding hydrogens is 360 g/mol. The number of pyridine rings is 1. The topological polar surface area (TPSA) is 59.4 Å². The van der Waals surface area contributed by atoms with Gasteiger partial charge in [-0.15, -0.1) is 0 Å². The molecule has 0 aliphatic carbocycles. The number of rotatable bonds is 4. The molecule has 0 spiro atoms.